The minimum absolute atomic E-state index is 0.315. The summed E-state index contributed by atoms with van der Waals surface area (Å²) in [4.78, 5) is 10.9. The van der Waals surface area contributed by atoms with Gasteiger partial charge in [0.25, 0.3) is 0 Å². The number of benzene rings is 2. The van der Waals surface area contributed by atoms with Crippen LogP contribution in [0.4, 0.5) is 4.39 Å². The second-order valence-electron chi connectivity index (χ2n) is 9.08. The second-order valence-corrected chi connectivity index (χ2v) is 9.08. The summed E-state index contributed by atoms with van der Waals surface area (Å²) in [6.07, 6.45) is 2.92. The Hall–Kier alpha value is -3.23. The van der Waals surface area contributed by atoms with Crippen LogP contribution in [0.2, 0.25) is 0 Å². The average Bonchev–Trinajstić information content (AvgIpc) is 3.40. The van der Waals surface area contributed by atoms with Crippen LogP contribution < -0.4 is 5.32 Å². The summed E-state index contributed by atoms with van der Waals surface area (Å²) in [5, 5.41) is 21.9. The van der Waals surface area contributed by atoms with Gasteiger partial charge in [-0.1, -0.05) is 13.0 Å². The molecule has 2 aliphatic heterocycles. The number of halogens is 1. The number of aryl methyl sites for hydroxylation is 1. The Morgan fingerprint density at radius 3 is 2.91 bits per heavy atom. The maximum atomic E-state index is 14.1. The van der Waals surface area contributed by atoms with Crippen molar-refractivity contribution in [2.75, 3.05) is 19.6 Å². The van der Waals surface area contributed by atoms with Crippen LogP contribution in [0.3, 0.4) is 0 Å². The number of aromatic amines is 2. The molecule has 1 saturated heterocycles. The van der Waals surface area contributed by atoms with Gasteiger partial charge in [-0.2, -0.15) is 5.10 Å². The third-order valence-corrected chi connectivity index (χ3v) is 6.97. The fraction of sp³-hybridized carbons (Fsp3) is 0.360. The van der Waals surface area contributed by atoms with Crippen LogP contribution in [-0.2, 0) is 19.4 Å². The maximum absolute atomic E-state index is 14.1. The van der Waals surface area contributed by atoms with E-state index in [1.807, 2.05) is 25.1 Å². The molecule has 0 amide bonds. The summed E-state index contributed by atoms with van der Waals surface area (Å²) in [5.41, 5.74) is 6.52. The van der Waals surface area contributed by atoms with Crippen molar-refractivity contribution in [2.45, 2.75) is 38.8 Å². The lowest BCUT2D eigenvalue weighted by Crippen LogP contribution is -2.51. The topological polar surface area (TPSA) is 92.9 Å². The molecule has 170 valence electrons. The molecule has 2 aromatic heterocycles. The second kappa shape index (κ2) is 7.97. The van der Waals surface area contributed by atoms with E-state index in [0.29, 0.717) is 12.5 Å². The lowest BCUT2D eigenvalue weighted by molar-refractivity contribution is 0.191. The first-order chi connectivity index (χ1) is 16.1. The molecular formula is C25H27FN6O. The van der Waals surface area contributed by atoms with Crippen LogP contribution in [-0.4, -0.2) is 55.8 Å². The van der Waals surface area contributed by atoms with E-state index in [1.165, 1.54) is 24.2 Å². The summed E-state index contributed by atoms with van der Waals surface area (Å²) in [6, 6.07) is 9.48. The van der Waals surface area contributed by atoms with Gasteiger partial charge in [0.1, 0.15) is 5.69 Å². The van der Waals surface area contributed by atoms with Crippen LogP contribution in [0.5, 0.6) is 5.75 Å². The molecule has 4 N–H and O–H groups in total. The third-order valence-electron chi connectivity index (χ3n) is 6.97. The first-order valence-corrected chi connectivity index (χ1v) is 11.6. The zero-order valence-corrected chi connectivity index (χ0v) is 18.6. The fourth-order valence-corrected chi connectivity index (χ4v) is 4.96. The van der Waals surface area contributed by atoms with Crippen LogP contribution >= 0.6 is 0 Å². The predicted octanol–water partition coefficient (Wildman–Crippen LogP) is 3.75. The van der Waals surface area contributed by atoms with Crippen molar-refractivity contribution in [3.05, 3.63) is 53.1 Å². The zero-order chi connectivity index (χ0) is 22.5. The number of fused-ring (bicyclic) bond motifs is 2. The molecule has 33 heavy (non-hydrogen) atoms. The molecule has 6 rings (SSSR count). The quantitative estimate of drug-likeness (QED) is 0.375. The molecule has 2 aromatic carbocycles. The highest BCUT2D eigenvalue weighted by atomic mass is 19.1. The monoisotopic (exact) mass is 446 g/mol. The molecule has 1 atom stereocenters. The number of aromatic nitrogens is 4. The van der Waals surface area contributed by atoms with E-state index in [1.54, 1.807) is 0 Å². The van der Waals surface area contributed by atoms with Gasteiger partial charge < -0.3 is 15.4 Å². The van der Waals surface area contributed by atoms with Crippen molar-refractivity contribution in [1.82, 2.24) is 30.4 Å². The van der Waals surface area contributed by atoms with Crippen molar-refractivity contribution >= 4 is 10.9 Å². The van der Waals surface area contributed by atoms with Gasteiger partial charge in [0.05, 0.1) is 11.2 Å². The maximum Gasteiger partial charge on any atom is 0.165 e. The molecule has 0 radical (unpaired) electrons. The van der Waals surface area contributed by atoms with Crippen LogP contribution in [0.15, 0.2) is 30.3 Å². The first kappa shape index (κ1) is 20.4. The van der Waals surface area contributed by atoms with E-state index in [0.717, 1.165) is 77.4 Å². The first-order valence-electron chi connectivity index (χ1n) is 11.6. The van der Waals surface area contributed by atoms with Gasteiger partial charge in [-0.3, -0.25) is 10.00 Å². The third kappa shape index (κ3) is 3.59. The molecule has 0 bridgehead atoms. The standard InChI is InChI=1S/C25H27FN6O/c1-2-14-10-23(33)19(26)11-18(14)15-3-4-17-21(9-15)30-31-24(17)25-28-20-6-8-32(13-22(20)29-25)12-16-5-7-27-16/h3-4,9-11,16,27,33H,2,5-8,12-13H2,1H3,(H,28,29)(H,30,31). The predicted molar refractivity (Wildman–Crippen MR) is 126 cm³/mol. The molecule has 1 fully saturated rings. The summed E-state index contributed by atoms with van der Waals surface area (Å²) in [6.45, 7) is 6.10. The van der Waals surface area contributed by atoms with E-state index in [2.05, 4.69) is 25.4 Å². The lowest BCUT2D eigenvalue weighted by Gasteiger charge is -2.34. The van der Waals surface area contributed by atoms with Crippen molar-refractivity contribution in [3.63, 3.8) is 0 Å². The number of nitrogens with zero attached hydrogens (tertiary/aromatic N) is 3. The number of hydrogen-bond donors (Lipinski definition) is 4. The number of rotatable bonds is 5. The Morgan fingerprint density at radius 1 is 1.24 bits per heavy atom. The average molecular weight is 447 g/mol. The normalized spacial score (nSPS) is 18.4. The molecule has 0 saturated carbocycles. The van der Waals surface area contributed by atoms with E-state index < -0.39 is 5.82 Å². The summed E-state index contributed by atoms with van der Waals surface area (Å²) >= 11 is 0. The van der Waals surface area contributed by atoms with Crippen LogP contribution in [0.25, 0.3) is 33.5 Å². The molecule has 4 aromatic rings. The highest BCUT2D eigenvalue weighted by Gasteiger charge is 2.26. The highest BCUT2D eigenvalue weighted by molar-refractivity contribution is 5.94. The Kier molecular flexibility index (Phi) is 4.92. The van der Waals surface area contributed by atoms with E-state index in [9.17, 15) is 9.50 Å². The Morgan fingerprint density at radius 2 is 2.12 bits per heavy atom. The zero-order valence-electron chi connectivity index (χ0n) is 18.6. The number of phenolic OH excluding ortho intramolecular Hbond substituents is 1. The van der Waals surface area contributed by atoms with Crippen molar-refractivity contribution < 1.29 is 9.50 Å². The Balaban J connectivity index is 1.31. The molecule has 0 aliphatic carbocycles. The fourth-order valence-electron chi connectivity index (χ4n) is 4.96. The van der Waals surface area contributed by atoms with Crippen molar-refractivity contribution in [3.8, 4) is 28.4 Å². The Labute approximate surface area is 191 Å². The van der Waals surface area contributed by atoms with Crippen molar-refractivity contribution in [1.29, 1.82) is 0 Å². The molecule has 2 aliphatic rings. The molecule has 1 unspecified atom stereocenters. The number of aromatic hydroxyl groups is 1. The van der Waals surface area contributed by atoms with Gasteiger partial charge >= 0.3 is 0 Å². The van der Waals surface area contributed by atoms with E-state index in [-0.39, 0.29) is 5.75 Å². The number of imidazole rings is 1. The lowest BCUT2D eigenvalue weighted by atomic mass is 9.96. The number of hydrogen-bond acceptors (Lipinski definition) is 5. The summed E-state index contributed by atoms with van der Waals surface area (Å²) in [5.74, 6) is -0.145. The molecule has 4 heterocycles. The minimum Gasteiger partial charge on any atom is -0.505 e. The molecular weight excluding hydrogens is 419 g/mol. The summed E-state index contributed by atoms with van der Waals surface area (Å²) in [7, 11) is 0. The molecule has 7 nitrogen and oxygen atoms in total. The van der Waals surface area contributed by atoms with Crippen molar-refractivity contribution in [2.24, 2.45) is 0 Å². The van der Waals surface area contributed by atoms with Gasteiger partial charge in [-0.15, -0.1) is 0 Å². The SMILES string of the molecule is CCc1cc(O)c(F)cc1-c1ccc2c(-c3nc4c([nH]3)CCN(CC3CCN3)C4)n[nH]c2c1. The molecule has 8 heteroatoms. The Bertz CT molecular complexity index is 1340. The van der Waals surface area contributed by atoms with Crippen LogP contribution in [0, 0.1) is 5.82 Å². The highest BCUT2D eigenvalue weighted by Crippen LogP contribution is 2.34. The summed E-state index contributed by atoms with van der Waals surface area (Å²) < 4.78 is 14.1. The van der Waals surface area contributed by atoms with Gasteiger partial charge in [-0.05, 0) is 60.3 Å². The van der Waals surface area contributed by atoms with Gasteiger partial charge in [0, 0.05) is 43.2 Å². The minimum atomic E-state index is -0.615. The van der Waals surface area contributed by atoms with E-state index >= 15 is 0 Å². The molecule has 0 spiro atoms. The van der Waals surface area contributed by atoms with E-state index in [4.69, 9.17) is 4.98 Å². The number of nitrogens with one attached hydrogen (secondary N) is 3. The van der Waals surface area contributed by atoms with Crippen LogP contribution in [0.1, 0.15) is 30.3 Å². The van der Waals surface area contributed by atoms with Gasteiger partial charge in [-0.25, -0.2) is 9.37 Å². The smallest absolute Gasteiger partial charge is 0.165 e. The van der Waals surface area contributed by atoms with Gasteiger partial charge in [0.2, 0.25) is 0 Å². The number of phenols is 1. The number of H-pyrrole nitrogens is 2. The van der Waals surface area contributed by atoms with Gasteiger partial charge in [0.15, 0.2) is 17.4 Å². The largest absolute Gasteiger partial charge is 0.505 e.